The van der Waals surface area contributed by atoms with E-state index in [0.717, 1.165) is 0 Å². The number of benzene rings is 2. The largest absolute Gasteiger partial charge is 0.481 e. The molecule has 1 aliphatic heterocycles. The standard InChI is InChI=1S/C21H22FN3O4S/c22-16-6-7-18-19(12-16)24-20(23-18)10-15-13-25(9-8-14(15)11-21(26)27)30(28,29)17-4-2-1-3-5-17/h1-7,12,14-15H,8-11,13H2,(H,23,24)(H,26,27). The van der Waals surface area contributed by atoms with Crippen molar-refractivity contribution < 1.29 is 22.7 Å². The number of carbonyl (C=O) groups is 1. The van der Waals surface area contributed by atoms with E-state index in [1.165, 1.54) is 16.4 Å². The summed E-state index contributed by atoms with van der Waals surface area (Å²) in [6.45, 7) is 0.484. The summed E-state index contributed by atoms with van der Waals surface area (Å²) in [7, 11) is -3.66. The van der Waals surface area contributed by atoms with E-state index in [1.807, 2.05) is 0 Å². The zero-order valence-corrected chi connectivity index (χ0v) is 17.0. The Morgan fingerprint density at radius 3 is 2.70 bits per heavy atom. The average Bonchev–Trinajstić information content (AvgIpc) is 3.11. The molecule has 2 heterocycles. The van der Waals surface area contributed by atoms with Crippen molar-refractivity contribution in [3.63, 3.8) is 0 Å². The fourth-order valence-corrected chi connectivity index (χ4v) is 5.64. The van der Waals surface area contributed by atoms with Crippen molar-refractivity contribution in [3.05, 3.63) is 60.2 Å². The van der Waals surface area contributed by atoms with Gasteiger partial charge in [0.1, 0.15) is 11.6 Å². The normalized spacial score (nSPS) is 20.4. The Labute approximate surface area is 173 Å². The molecular weight excluding hydrogens is 409 g/mol. The Morgan fingerprint density at radius 2 is 1.97 bits per heavy atom. The Hall–Kier alpha value is -2.78. The number of H-pyrrole nitrogens is 1. The molecule has 0 amide bonds. The lowest BCUT2D eigenvalue weighted by atomic mass is 9.82. The van der Waals surface area contributed by atoms with E-state index in [-0.39, 0.29) is 42.1 Å². The van der Waals surface area contributed by atoms with Gasteiger partial charge in [0.2, 0.25) is 10.0 Å². The maximum atomic E-state index is 13.5. The molecule has 4 rings (SSSR count). The number of hydrogen-bond donors (Lipinski definition) is 2. The van der Waals surface area contributed by atoms with Crippen LogP contribution in [0.3, 0.4) is 0 Å². The molecule has 1 saturated heterocycles. The molecule has 9 heteroatoms. The van der Waals surface area contributed by atoms with Crippen LogP contribution in [0.4, 0.5) is 4.39 Å². The van der Waals surface area contributed by atoms with Crippen LogP contribution in [-0.4, -0.2) is 46.9 Å². The molecule has 0 bridgehead atoms. The minimum absolute atomic E-state index is 0.0290. The third kappa shape index (κ3) is 4.22. The van der Waals surface area contributed by atoms with Crippen LogP contribution >= 0.6 is 0 Å². The number of aromatic nitrogens is 2. The van der Waals surface area contributed by atoms with Crippen molar-refractivity contribution in [1.29, 1.82) is 0 Å². The Balaban J connectivity index is 1.60. The fourth-order valence-electron chi connectivity index (χ4n) is 4.11. The lowest BCUT2D eigenvalue weighted by molar-refractivity contribution is -0.138. The zero-order valence-electron chi connectivity index (χ0n) is 16.2. The highest BCUT2D eigenvalue weighted by molar-refractivity contribution is 7.89. The molecule has 2 aromatic carbocycles. The summed E-state index contributed by atoms with van der Waals surface area (Å²) in [5.74, 6) is -1.08. The van der Waals surface area contributed by atoms with Crippen LogP contribution in [0.15, 0.2) is 53.4 Å². The highest BCUT2D eigenvalue weighted by Crippen LogP contribution is 2.32. The summed E-state index contributed by atoms with van der Waals surface area (Å²) in [6.07, 6.45) is 0.811. The first kappa shape index (κ1) is 20.5. The SMILES string of the molecule is O=C(O)CC1CCN(S(=O)(=O)c2ccccc2)CC1Cc1nc2ccc(F)cc2[nH]1. The number of imidazole rings is 1. The fraction of sp³-hybridized carbons (Fsp3) is 0.333. The number of fused-ring (bicyclic) bond motifs is 1. The van der Waals surface area contributed by atoms with Crippen LogP contribution in [0.1, 0.15) is 18.7 Å². The van der Waals surface area contributed by atoms with Gasteiger partial charge < -0.3 is 10.1 Å². The first-order valence-corrected chi connectivity index (χ1v) is 11.2. The molecule has 0 spiro atoms. The predicted molar refractivity (Wildman–Crippen MR) is 109 cm³/mol. The topological polar surface area (TPSA) is 103 Å². The van der Waals surface area contributed by atoms with Gasteiger partial charge in [-0.25, -0.2) is 17.8 Å². The van der Waals surface area contributed by atoms with E-state index >= 15 is 0 Å². The third-order valence-corrected chi connectivity index (χ3v) is 7.50. The van der Waals surface area contributed by atoms with Gasteiger partial charge >= 0.3 is 5.97 Å². The number of carboxylic acids is 1. The summed E-state index contributed by atoms with van der Waals surface area (Å²) < 4.78 is 41.0. The molecule has 3 aromatic rings. The van der Waals surface area contributed by atoms with Gasteiger partial charge in [-0.15, -0.1) is 0 Å². The molecule has 1 fully saturated rings. The minimum Gasteiger partial charge on any atom is -0.481 e. The molecule has 0 radical (unpaired) electrons. The Kier molecular flexibility index (Phi) is 5.57. The summed E-state index contributed by atoms with van der Waals surface area (Å²) in [4.78, 5) is 19.1. The molecule has 1 aromatic heterocycles. The lowest BCUT2D eigenvalue weighted by Gasteiger charge is -2.37. The van der Waals surface area contributed by atoms with Gasteiger partial charge in [0.05, 0.1) is 15.9 Å². The maximum absolute atomic E-state index is 13.5. The van der Waals surface area contributed by atoms with E-state index in [9.17, 15) is 22.7 Å². The van der Waals surface area contributed by atoms with Crippen molar-refractivity contribution in [1.82, 2.24) is 14.3 Å². The van der Waals surface area contributed by atoms with Crippen LogP contribution in [-0.2, 0) is 21.2 Å². The quantitative estimate of drug-likeness (QED) is 0.624. The molecule has 30 heavy (non-hydrogen) atoms. The van der Waals surface area contributed by atoms with Crippen LogP contribution in [0.25, 0.3) is 11.0 Å². The Bertz CT molecular complexity index is 1160. The van der Waals surface area contributed by atoms with Crippen molar-refractivity contribution in [2.24, 2.45) is 11.8 Å². The van der Waals surface area contributed by atoms with Crippen LogP contribution < -0.4 is 0 Å². The van der Waals surface area contributed by atoms with Gasteiger partial charge in [0, 0.05) is 25.9 Å². The number of carboxylic acid groups (broad SMARTS) is 1. The van der Waals surface area contributed by atoms with Gasteiger partial charge in [0.15, 0.2) is 0 Å². The number of nitrogens with zero attached hydrogens (tertiary/aromatic N) is 2. The maximum Gasteiger partial charge on any atom is 0.303 e. The molecule has 2 N–H and O–H groups in total. The van der Waals surface area contributed by atoms with Crippen LogP contribution in [0.5, 0.6) is 0 Å². The average molecular weight is 431 g/mol. The second-order valence-electron chi connectivity index (χ2n) is 7.63. The second-order valence-corrected chi connectivity index (χ2v) is 9.57. The first-order chi connectivity index (χ1) is 14.3. The van der Waals surface area contributed by atoms with Gasteiger partial charge in [-0.05, 0) is 48.6 Å². The number of halogens is 1. The monoisotopic (exact) mass is 431 g/mol. The molecule has 158 valence electrons. The van der Waals surface area contributed by atoms with Crippen molar-refractivity contribution >= 4 is 27.0 Å². The predicted octanol–water partition coefficient (Wildman–Crippen LogP) is 3.05. The molecule has 0 saturated carbocycles. The van der Waals surface area contributed by atoms with E-state index in [0.29, 0.717) is 29.7 Å². The van der Waals surface area contributed by atoms with E-state index in [2.05, 4.69) is 9.97 Å². The number of aromatic amines is 1. The number of nitrogens with one attached hydrogen (secondary N) is 1. The Morgan fingerprint density at radius 1 is 1.20 bits per heavy atom. The zero-order chi connectivity index (χ0) is 21.3. The highest BCUT2D eigenvalue weighted by Gasteiger charge is 2.36. The number of piperidine rings is 1. The summed E-state index contributed by atoms with van der Waals surface area (Å²) in [5, 5.41) is 9.30. The molecule has 7 nitrogen and oxygen atoms in total. The van der Waals surface area contributed by atoms with E-state index in [4.69, 9.17) is 0 Å². The van der Waals surface area contributed by atoms with Gasteiger partial charge in [-0.3, -0.25) is 4.79 Å². The number of hydrogen-bond acceptors (Lipinski definition) is 4. The molecule has 2 atom stereocenters. The highest BCUT2D eigenvalue weighted by atomic mass is 32.2. The number of aliphatic carboxylic acids is 1. The first-order valence-electron chi connectivity index (χ1n) is 9.74. The summed E-state index contributed by atoms with van der Waals surface area (Å²) in [6, 6.07) is 12.5. The van der Waals surface area contributed by atoms with E-state index in [1.54, 1.807) is 36.4 Å². The van der Waals surface area contributed by atoms with E-state index < -0.39 is 16.0 Å². The van der Waals surface area contributed by atoms with Gasteiger partial charge in [-0.1, -0.05) is 18.2 Å². The van der Waals surface area contributed by atoms with Crippen LogP contribution in [0.2, 0.25) is 0 Å². The minimum atomic E-state index is -3.66. The van der Waals surface area contributed by atoms with Crippen molar-refractivity contribution in [2.75, 3.05) is 13.1 Å². The summed E-state index contributed by atoms with van der Waals surface area (Å²) >= 11 is 0. The smallest absolute Gasteiger partial charge is 0.303 e. The van der Waals surface area contributed by atoms with Crippen LogP contribution in [0, 0.1) is 17.7 Å². The summed E-state index contributed by atoms with van der Waals surface area (Å²) in [5.41, 5.74) is 1.18. The van der Waals surface area contributed by atoms with Gasteiger partial charge in [0.25, 0.3) is 0 Å². The van der Waals surface area contributed by atoms with Crippen molar-refractivity contribution in [3.8, 4) is 0 Å². The molecular formula is C21H22FN3O4S. The third-order valence-electron chi connectivity index (χ3n) is 5.62. The number of sulfonamides is 1. The lowest BCUT2D eigenvalue weighted by Crippen LogP contribution is -2.45. The number of rotatable bonds is 6. The molecule has 1 aliphatic rings. The van der Waals surface area contributed by atoms with Crippen molar-refractivity contribution in [2.45, 2.75) is 24.2 Å². The van der Waals surface area contributed by atoms with Gasteiger partial charge in [-0.2, -0.15) is 4.31 Å². The molecule has 2 unspecified atom stereocenters. The molecule has 0 aliphatic carbocycles. The second kappa shape index (κ2) is 8.16.